The van der Waals surface area contributed by atoms with Gasteiger partial charge in [-0.05, 0) is 23.4 Å². The van der Waals surface area contributed by atoms with Gasteiger partial charge in [0.2, 0.25) is 0 Å². The van der Waals surface area contributed by atoms with Crippen molar-refractivity contribution in [2.75, 3.05) is 0 Å². The van der Waals surface area contributed by atoms with E-state index < -0.39 is 6.04 Å². The number of halogens is 1. The van der Waals surface area contributed by atoms with Crippen molar-refractivity contribution < 1.29 is 4.39 Å². The lowest BCUT2D eigenvalue weighted by Gasteiger charge is -2.16. The lowest BCUT2D eigenvalue weighted by atomic mass is 9.95. The van der Waals surface area contributed by atoms with E-state index in [1.807, 2.05) is 30.3 Å². The van der Waals surface area contributed by atoms with Gasteiger partial charge in [-0.1, -0.05) is 42.5 Å². The molecule has 0 bridgehead atoms. The molecule has 20 heavy (non-hydrogen) atoms. The zero-order valence-corrected chi connectivity index (χ0v) is 11.2. The summed E-state index contributed by atoms with van der Waals surface area (Å²) in [6.07, 6.45) is 3.51. The third kappa shape index (κ3) is 2.06. The first kappa shape index (κ1) is 12.8. The van der Waals surface area contributed by atoms with E-state index in [-0.39, 0.29) is 5.82 Å². The summed E-state index contributed by atoms with van der Waals surface area (Å²) in [4.78, 5) is 4.21. The molecule has 1 atom stereocenters. The number of rotatable bonds is 2. The van der Waals surface area contributed by atoms with E-state index in [0.717, 1.165) is 16.3 Å². The molecule has 0 aliphatic carbocycles. The first-order chi connectivity index (χ1) is 9.68. The van der Waals surface area contributed by atoms with Crippen LogP contribution in [-0.4, -0.2) is 4.98 Å². The second-order valence-electron chi connectivity index (χ2n) is 4.91. The fraction of sp³-hybridized carbons (Fsp3) is 0.118. The second kappa shape index (κ2) is 5.02. The lowest BCUT2D eigenvalue weighted by Crippen LogP contribution is -2.15. The van der Waals surface area contributed by atoms with Gasteiger partial charge in [0.1, 0.15) is 5.82 Å². The van der Waals surface area contributed by atoms with Crippen LogP contribution in [0.2, 0.25) is 0 Å². The average Bonchev–Trinajstić information content (AvgIpc) is 2.49. The van der Waals surface area contributed by atoms with E-state index in [4.69, 9.17) is 5.73 Å². The molecular weight excluding hydrogens is 251 g/mol. The van der Waals surface area contributed by atoms with Gasteiger partial charge in [0.25, 0.3) is 0 Å². The minimum absolute atomic E-state index is 0.243. The van der Waals surface area contributed by atoms with Crippen LogP contribution in [-0.2, 0) is 0 Å². The number of nitrogens with zero attached hydrogens (tertiary/aromatic N) is 1. The standard InChI is InChI=1S/C17H15FN2/c1-11-5-4-8-14(16(11)18)17(19)15-10-20-9-12-6-2-3-7-13(12)15/h2-10,17H,19H2,1H3. The van der Waals surface area contributed by atoms with Crippen molar-refractivity contribution in [3.8, 4) is 0 Å². The van der Waals surface area contributed by atoms with Crippen molar-refractivity contribution in [3.05, 3.63) is 77.4 Å². The Morgan fingerprint density at radius 3 is 2.65 bits per heavy atom. The largest absolute Gasteiger partial charge is 0.320 e. The molecule has 2 aromatic carbocycles. The molecule has 0 amide bonds. The van der Waals surface area contributed by atoms with Crippen LogP contribution in [0.15, 0.2) is 54.9 Å². The summed E-state index contributed by atoms with van der Waals surface area (Å²) in [6.45, 7) is 1.74. The number of pyridine rings is 1. The summed E-state index contributed by atoms with van der Waals surface area (Å²) in [5.41, 5.74) is 8.22. The maximum absolute atomic E-state index is 14.2. The van der Waals surface area contributed by atoms with E-state index >= 15 is 0 Å². The van der Waals surface area contributed by atoms with Crippen LogP contribution >= 0.6 is 0 Å². The van der Waals surface area contributed by atoms with Crippen molar-refractivity contribution in [1.29, 1.82) is 0 Å². The molecule has 0 radical (unpaired) electrons. The van der Waals surface area contributed by atoms with Crippen LogP contribution in [0.5, 0.6) is 0 Å². The zero-order chi connectivity index (χ0) is 14.1. The van der Waals surface area contributed by atoms with Crippen molar-refractivity contribution in [2.45, 2.75) is 13.0 Å². The maximum atomic E-state index is 14.2. The summed E-state index contributed by atoms with van der Waals surface area (Å²) in [7, 11) is 0. The molecule has 3 rings (SSSR count). The fourth-order valence-corrected chi connectivity index (χ4v) is 2.47. The third-order valence-corrected chi connectivity index (χ3v) is 3.59. The molecule has 1 heterocycles. The van der Waals surface area contributed by atoms with E-state index in [0.29, 0.717) is 11.1 Å². The highest BCUT2D eigenvalue weighted by molar-refractivity contribution is 5.85. The summed E-state index contributed by atoms with van der Waals surface area (Å²) in [5.74, 6) is -0.243. The number of fused-ring (bicyclic) bond motifs is 1. The van der Waals surface area contributed by atoms with Crippen LogP contribution < -0.4 is 5.73 Å². The van der Waals surface area contributed by atoms with Crippen molar-refractivity contribution >= 4 is 10.8 Å². The van der Waals surface area contributed by atoms with Crippen LogP contribution in [0.25, 0.3) is 10.8 Å². The highest BCUT2D eigenvalue weighted by Crippen LogP contribution is 2.28. The molecule has 0 aliphatic rings. The van der Waals surface area contributed by atoms with Gasteiger partial charge >= 0.3 is 0 Å². The molecule has 0 saturated heterocycles. The smallest absolute Gasteiger partial charge is 0.131 e. The molecule has 0 spiro atoms. The van der Waals surface area contributed by atoms with Crippen molar-refractivity contribution in [3.63, 3.8) is 0 Å². The van der Waals surface area contributed by atoms with Gasteiger partial charge in [-0.3, -0.25) is 4.98 Å². The molecule has 3 heteroatoms. The molecule has 2 nitrogen and oxygen atoms in total. The average molecular weight is 266 g/mol. The number of nitrogens with two attached hydrogens (primary N) is 1. The zero-order valence-electron chi connectivity index (χ0n) is 11.2. The van der Waals surface area contributed by atoms with E-state index in [9.17, 15) is 4.39 Å². The first-order valence-electron chi connectivity index (χ1n) is 6.51. The minimum Gasteiger partial charge on any atom is -0.320 e. The molecule has 1 aromatic heterocycles. The first-order valence-corrected chi connectivity index (χ1v) is 6.51. The highest BCUT2D eigenvalue weighted by Gasteiger charge is 2.17. The van der Waals surface area contributed by atoms with E-state index in [1.165, 1.54) is 0 Å². The predicted octanol–water partition coefficient (Wildman–Crippen LogP) is 3.73. The van der Waals surface area contributed by atoms with E-state index in [2.05, 4.69) is 4.98 Å². The SMILES string of the molecule is Cc1cccc(C(N)c2cncc3ccccc23)c1F. The predicted molar refractivity (Wildman–Crippen MR) is 78.9 cm³/mol. The molecule has 0 aliphatic heterocycles. The normalized spacial score (nSPS) is 12.6. The van der Waals surface area contributed by atoms with Gasteiger partial charge in [-0.2, -0.15) is 0 Å². The molecule has 0 fully saturated rings. The molecule has 1 unspecified atom stereocenters. The Balaban J connectivity index is 2.18. The van der Waals surface area contributed by atoms with Gasteiger partial charge in [0.15, 0.2) is 0 Å². The van der Waals surface area contributed by atoms with Gasteiger partial charge in [0, 0.05) is 23.3 Å². The molecule has 2 N–H and O–H groups in total. The van der Waals surface area contributed by atoms with Crippen LogP contribution in [0.3, 0.4) is 0 Å². The minimum atomic E-state index is -0.520. The second-order valence-corrected chi connectivity index (χ2v) is 4.91. The van der Waals surface area contributed by atoms with Crippen molar-refractivity contribution in [1.82, 2.24) is 4.98 Å². The molecule has 3 aromatic rings. The Labute approximate surface area is 117 Å². The molecule has 100 valence electrons. The van der Waals surface area contributed by atoms with Gasteiger partial charge < -0.3 is 5.73 Å². The third-order valence-electron chi connectivity index (χ3n) is 3.59. The van der Waals surface area contributed by atoms with Crippen LogP contribution in [0.1, 0.15) is 22.7 Å². The van der Waals surface area contributed by atoms with Gasteiger partial charge in [-0.15, -0.1) is 0 Å². The lowest BCUT2D eigenvalue weighted by molar-refractivity contribution is 0.591. The maximum Gasteiger partial charge on any atom is 0.131 e. The Morgan fingerprint density at radius 1 is 1.00 bits per heavy atom. The quantitative estimate of drug-likeness (QED) is 0.767. The topological polar surface area (TPSA) is 38.9 Å². The van der Waals surface area contributed by atoms with Gasteiger partial charge in [0.05, 0.1) is 6.04 Å². The fourth-order valence-electron chi connectivity index (χ4n) is 2.47. The molecular formula is C17H15FN2. The Bertz CT molecular complexity index is 763. The number of aromatic nitrogens is 1. The number of hydrogen-bond acceptors (Lipinski definition) is 2. The Kier molecular flexibility index (Phi) is 3.20. The van der Waals surface area contributed by atoms with Gasteiger partial charge in [-0.25, -0.2) is 4.39 Å². The molecule has 0 saturated carbocycles. The van der Waals surface area contributed by atoms with E-state index in [1.54, 1.807) is 31.5 Å². The monoisotopic (exact) mass is 266 g/mol. The van der Waals surface area contributed by atoms with Crippen LogP contribution in [0, 0.1) is 12.7 Å². The summed E-state index contributed by atoms with van der Waals surface area (Å²) in [5, 5.41) is 2.02. The number of hydrogen-bond donors (Lipinski definition) is 1. The van der Waals surface area contributed by atoms with Crippen molar-refractivity contribution in [2.24, 2.45) is 5.73 Å². The summed E-state index contributed by atoms with van der Waals surface area (Å²) < 4.78 is 14.2. The number of aryl methyl sites for hydroxylation is 1. The Morgan fingerprint density at radius 2 is 1.80 bits per heavy atom. The number of benzene rings is 2. The Hall–Kier alpha value is -2.26. The summed E-state index contributed by atoms with van der Waals surface area (Å²) >= 11 is 0. The summed E-state index contributed by atoms with van der Waals surface area (Å²) in [6, 6.07) is 12.6. The highest BCUT2D eigenvalue weighted by atomic mass is 19.1. The van der Waals surface area contributed by atoms with Crippen LogP contribution in [0.4, 0.5) is 4.39 Å².